The van der Waals surface area contributed by atoms with Crippen LogP contribution in [0.5, 0.6) is 0 Å². The van der Waals surface area contributed by atoms with Gasteiger partial charge >= 0.3 is 0 Å². The molecule has 0 aromatic rings. The standard InChI is InChI=1S/C9H17NO.C2H6.H2/c1-7(11)8-3-5-9(10-2)6-4-8;1-2;/h8-10H,3-6H2,1-2H3;1-2H3;1H. The van der Waals surface area contributed by atoms with E-state index >= 15 is 0 Å². The van der Waals surface area contributed by atoms with Gasteiger partial charge in [0, 0.05) is 13.4 Å². The molecule has 0 spiro atoms. The number of carbonyl (C=O) groups excluding carboxylic acids is 1. The molecule has 0 heterocycles. The van der Waals surface area contributed by atoms with Crippen LogP contribution < -0.4 is 5.32 Å². The summed E-state index contributed by atoms with van der Waals surface area (Å²) in [6.07, 6.45) is 4.50. The van der Waals surface area contributed by atoms with Crippen molar-refractivity contribution in [3.8, 4) is 0 Å². The molecular weight excluding hydrogens is 162 g/mol. The highest BCUT2D eigenvalue weighted by Crippen LogP contribution is 2.24. The van der Waals surface area contributed by atoms with Gasteiger partial charge in [-0.3, -0.25) is 4.79 Å². The van der Waals surface area contributed by atoms with Gasteiger partial charge in [0.25, 0.3) is 0 Å². The number of hydrogen-bond donors (Lipinski definition) is 1. The molecule has 1 rings (SSSR count). The summed E-state index contributed by atoms with van der Waals surface area (Å²) in [4.78, 5) is 11.0. The van der Waals surface area contributed by atoms with E-state index in [0.29, 0.717) is 17.7 Å². The largest absolute Gasteiger partial charge is 0.317 e. The Balaban J connectivity index is 0. The second-order valence-corrected chi connectivity index (χ2v) is 3.45. The molecule has 2 heteroatoms. The van der Waals surface area contributed by atoms with Crippen LogP contribution in [-0.2, 0) is 4.79 Å². The molecule has 0 radical (unpaired) electrons. The first-order valence-corrected chi connectivity index (χ1v) is 5.41. The van der Waals surface area contributed by atoms with Crippen LogP contribution in [0.3, 0.4) is 0 Å². The van der Waals surface area contributed by atoms with Crippen LogP contribution in [-0.4, -0.2) is 18.9 Å². The number of rotatable bonds is 2. The summed E-state index contributed by atoms with van der Waals surface area (Å²) < 4.78 is 0. The monoisotopic (exact) mass is 187 g/mol. The second kappa shape index (κ2) is 7.07. The maximum absolute atomic E-state index is 11.0. The van der Waals surface area contributed by atoms with Crippen molar-refractivity contribution in [2.45, 2.75) is 52.5 Å². The smallest absolute Gasteiger partial charge is 0.132 e. The van der Waals surface area contributed by atoms with Gasteiger partial charge in [0.15, 0.2) is 0 Å². The molecule has 1 fully saturated rings. The van der Waals surface area contributed by atoms with Crippen molar-refractivity contribution in [3.05, 3.63) is 0 Å². The third kappa shape index (κ3) is 4.41. The minimum absolute atomic E-state index is 0. The van der Waals surface area contributed by atoms with Crippen molar-refractivity contribution in [3.63, 3.8) is 0 Å². The van der Waals surface area contributed by atoms with E-state index in [9.17, 15) is 4.79 Å². The topological polar surface area (TPSA) is 29.1 Å². The van der Waals surface area contributed by atoms with Crippen molar-refractivity contribution < 1.29 is 6.22 Å². The lowest BCUT2D eigenvalue weighted by molar-refractivity contribution is -0.121. The summed E-state index contributed by atoms with van der Waals surface area (Å²) in [6.45, 7) is 5.71. The summed E-state index contributed by atoms with van der Waals surface area (Å²) in [5, 5.41) is 3.25. The van der Waals surface area contributed by atoms with Gasteiger partial charge in [0.05, 0.1) is 0 Å². The SMILES string of the molecule is CC.CNC1CCC(C(C)=O)CC1.[HH]. The van der Waals surface area contributed by atoms with Crippen LogP contribution >= 0.6 is 0 Å². The molecule has 13 heavy (non-hydrogen) atoms. The molecule has 0 unspecified atom stereocenters. The van der Waals surface area contributed by atoms with Gasteiger partial charge in [-0.25, -0.2) is 0 Å². The molecule has 0 bridgehead atoms. The van der Waals surface area contributed by atoms with Crippen molar-refractivity contribution in [2.75, 3.05) is 7.05 Å². The average Bonchev–Trinajstić information content (AvgIpc) is 2.21. The van der Waals surface area contributed by atoms with Crippen molar-refractivity contribution in [2.24, 2.45) is 5.92 Å². The van der Waals surface area contributed by atoms with E-state index in [1.165, 1.54) is 12.8 Å². The lowest BCUT2D eigenvalue weighted by atomic mass is 9.84. The molecule has 1 aliphatic rings. The van der Waals surface area contributed by atoms with E-state index in [2.05, 4.69) is 5.32 Å². The Morgan fingerprint density at radius 1 is 1.23 bits per heavy atom. The predicted octanol–water partition coefficient (Wildman–Crippen LogP) is 2.63. The Morgan fingerprint density at radius 2 is 1.69 bits per heavy atom. The van der Waals surface area contributed by atoms with Gasteiger partial charge in [-0.2, -0.15) is 0 Å². The van der Waals surface area contributed by atoms with E-state index in [1.807, 2.05) is 20.9 Å². The zero-order chi connectivity index (χ0) is 10.3. The van der Waals surface area contributed by atoms with Gasteiger partial charge in [0.1, 0.15) is 5.78 Å². The van der Waals surface area contributed by atoms with E-state index in [4.69, 9.17) is 0 Å². The van der Waals surface area contributed by atoms with Crippen LogP contribution in [0.25, 0.3) is 0 Å². The Morgan fingerprint density at radius 3 is 2.00 bits per heavy atom. The number of ketones is 1. The van der Waals surface area contributed by atoms with Gasteiger partial charge < -0.3 is 5.32 Å². The highest BCUT2D eigenvalue weighted by molar-refractivity contribution is 5.78. The predicted molar refractivity (Wildman–Crippen MR) is 58.9 cm³/mol. The second-order valence-electron chi connectivity index (χ2n) is 3.45. The van der Waals surface area contributed by atoms with Crippen molar-refractivity contribution in [1.82, 2.24) is 5.32 Å². The normalized spacial score (nSPS) is 27.4. The lowest BCUT2D eigenvalue weighted by Gasteiger charge is -2.26. The molecule has 0 atom stereocenters. The van der Waals surface area contributed by atoms with E-state index in [0.717, 1.165) is 12.8 Å². The molecule has 1 aliphatic carbocycles. The van der Waals surface area contributed by atoms with Crippen LogP contribution in [0.4, 0.5) is 0 Å². The summed E-state index contributed by atoms with van der Waals surface area (Å²) in [5.41, 5.74) is 0. The zero-order valence-corrected chi connectivity index (χ0v) is 9.39. The van der Waals surface area contributed by atoms with Gasteiger partial charge in [0.2, 0.25) is 0 Å². The fourth-order valence-corrected chi connectivity index (χ4v) is 1.79. The van der Waals surface area contributed by atoms with Crippen molar-refractivity contribution >= 4 is 5.78 Å². The zero-order valence-electron chi connectivity index (χ0n) is 9.39. The van der Waals surface area contributed by atoms with E-state index in [-0.39, 0.29) is 1.43 Å². The quantitative estimate of drug-likeness (QED) is 0.720. The molecule has 0 amide bonds. The highest BCUT2D eigenvalue weighted by Gasteiger charge is 2.22. The minimum atomic E-state index is 0. The number of hydrogen-bond acceptors (Lipinski definition) is 2. The van der Waals surface area contributed by atoms with Gasteiger partial charge in [-0.1, -0.05) is 13.8 Å². The molecule has 2 nitrogen and oxygen atoms in total. The Hall–Kier alpha value is -0.370. The molecule has 0 saturated heterocycles. The molecule has 0 aromatic heterocycles. The first-order chi connectivity index (χ1) is 6.24. The maximum Gasteiger partial charge on any atom is 0.132 e. The third-order valence-electron chi connectivity index (χ3n) is 2.71. The van der Waals surface area contributed by atoms with E-state index < -0.39 is 0 Å². The lowest BCUT2D eigenvalue weighted by Crippen LogP contribution is -2.31. The Kier molecular flexibility index (Phi) is 6.87. The summed E-state index contributed by atoms with van der Waals surface area (Å²) >= 11 is 0. The molecule has 0 aromatic carbocycles. The Labute approximate surface area is 83.6 Å². The third-order valence-corrected chi connectivity index (χ3v) is 2.71. The average molecular weight is 187 g/mol. The van der Waals surface area contributed by atoms with Gasteiger partial charge in [-0.15, -0.1) is 0 Å². The maximum atomic E-state index is 11.0. The van der Waals surface area contributed by atoms with Crippen LogP contribution in [0.1, 0.15) is 47.9 Å². The van der Waals surface area contributed by atoms with E-state index in [1.54, 1.807) is 6.92 Å². The first kappa shape index (κ1) is 12.6. The van der Waals surface area contributed by atoms with Gasteiger partial charge in [-0.05, 0) is 39.7 Å². The molecule has 80 valence electrons. The molecular formula is C11H25NO. The number of carbonyl (C=O) groups is 1. The van der Waals surface area contributed by atoms with Crippen LogP contribution in [0.15, 0.2) is 0 Å². The number of nitrogens with one attached hydrogen (secondary N) is 1. The highest BCUT2D eigenvalue weighted by atomic mass is 16.1. The van der Waals surface area contributed by atoms with Crippen LogP contribution in [0.2, 0.25) is 0 Å². The van der Waals surface area contributed by atoms with Crippen LogP contribution in [0, 0.1) is 5.92 Å². The molecule has 0 aliphatic heterocycles. The summed E-state index contributed by atoms with van der Waals surface area (Å²) in [7, 11) is 2.00. The fourth-order valence-electron chi connectivity index (χ4n) is 1.79. The molecule has 1 saturated carbocycles. The fraction of sp³-hybridized carbons (Fsp3) is 0.909. The Bertz CT molecular complexity index is 142. The number of Topliss-reactive ketones (excluding diaryl/α,β-unsaturated/α-hetero) is 1. The van der Waals surface area contributed by atoms with Crippen molar-refractivity contribution in [1.29, 1.82) is 0 Å². The first-order valence-electron chi connectivity index (χ1n) is 5.41. The summed E-state index contributed by atoms with van der Waals surface area (Å²) in [6, 6.07) is 0.658. The minimum Gasteiger partial charge on any atom is -0.317 e. The summed E-state index contributed by atoms with van der Waals surface area (Å²) in [5.74, 6) is 0.735. The molecule has 1 N–H and O–H groups in total.